The van der Waals surface area contributed by atoms with Crippen molar-refractivity contribution in [3.63, 3.8) is 0 Å². The average molecular weight is 390 g/mol. The van der Waals surface area contributed by atoms with E-state index < -0.39 is 11.9 Å². The summed E-state index contributed by atoms with van der Waals surface area (Å²) in [5, 5.41) is 10.6. The van der Waals surface area contributed by atoms with E-state index in [0.29, 0.717) is 39.9 Å². The van der Waals surface area contributed by atoms with Gasteiger partial charge in [-0.1, -0.05) is 0 Å². The van der Waals surface area contributed by atoms with Crippen LogP contribution in [0.2, 0.25) is 0 Å². The minimum atomic E-state index is -0.586. The molecule has 3 rings (SSSR count). The van der Waals surface area contributed by atoms with Gasteiger partial charge in [-0.3, -0.25) is 4.79 Å². The lowest BCUT2D eigenvalue weighted by Gasteiger charge is -2.22. The Balaban J connectivity index is 2.18. The van der Waals surface area contributed by atoms with Gasteiger partial charge in [0.25, 0.3) is 0 Å². The first kappa shape index (κ1) is 19.5. The topological polar surface area (TPSA) is 92.7 Å². The molecule has 1 heterocycles. The summed E-state index contributed by atoms with van der Waals surface area (Å²) in [6, 6.07) is 6.51. The minimum Gasteiger partial charge on any atom is -0.508 e. The highest BCUT2D eigenvalue weighted by Crippen LogP contribution is 2.47. The SMILES string of the molecule is COC(=O)CC(c1cc2c(cc1O)OCO2)c1cc(OC)c(OC)cc1OC. The normalized spacial score (nSPS) is 13.0. The van der Waals surface area contributed by atoms with E-state index in [1.807, 2.05) is 0 Å². The summed E-state index contributed by atoms with van der Waals surface area (Å²) in [6.45, 7) is 0.0690. The molecule has 150 valence electrons. The van der Waals surface area contributed by atoms with Gasteiger partial charge < -0.3 is 33.5 Å². The predicted molar refractivity (Wildman–Crippen MR) is 98.8 cm³/mol. The number of hydrogen-bond acceptors (Lipinski definition) is 8. The minimum absolute atomic E-state index is 0.0322. The molecule has 0 bridgehead atoms. The Morgan fingerprint density at radius 3 is 2.14 bits per heavy atom. The van der Waals surface area contributed by atoms with Crippen LogP contribution in [0.15, 0.2) is 24.3 Å². The van der Waals surface area contributed by atoms with Crippen LogP contribution >= 0.6 is 0 Å². The summed E-state index contributed by atoms with van der Waals surface area (Å²) < 4.78 is 31.8. The fourth-order valence-corrected chi connectivity index (χ4v) is 3.19. The number of benzene rings is 2. The maximum absolute atomic E-state index is 12.1. The Bertz CT molecular complexity index is 877. The van der Waals surface area contributed by atoms with Crippen molar-refractivity contribution in [1.82, 2.24) is 0 Å². The quantitative estimate of drug-likeness (QED) is 0.722. The van der Waals surface area contributed by atoms with Crippen molar-refractivity contribution >= 4 is 5.97 Å². The maximum atomic E-state index is 12.1. The highest BCUT2D eigenvalue weighted by molar-refractivity contribution is 5.73. The zero-order valence-corrected chi connectivity index (χ0v) is 16.1. The molecule has 8 nitrogen and oxygen atoms in total. The van der Waals surface area contributed by atoms with E-state index >= 15 is 0 Å². The molecule has 2 aromatic rings. The third-order valence-corrected chi connectivity index (χ3v) is 4.61. The summed E-state index contributed by atoms with van der Waals surface area (Å²) in [7, 11) is 5.86. The van der Waals surface area contributed by atoms with E-state index in [-0.39, 0.29) is 19.0 Å². The Morgan fingerprint density at radius 1 is 0.929 bits per heavy atom. The standard InChI is InChI=1S/C20H22O8/c1-23-15-9-17(25-3)16(24-2)6-13(15)11(7-20(22)26-4)12-5-18-19(8-14(12)21)28-10-27-18/h5-6,8-9,11,21H,7,10H2,1-4H3. The highest BCUT2D eigenvalue weighted by atomic mass is 16.7. The Morgan fingerprint density at radius 2 is 1.54 bits per heavy atom. The first-order valence-electron chi connectivity index (χ1n) is 8.51. The van der Waals surface area contributed by atoms with Crippen molar-refractivity contribution in [1.29, 1.82) is 0 Å². The van der Waals surface area contributed by atoms with Gasteiger partial charge in [-0.05, 0) is 12.1 Å². The average Bonchev–Trinajstić information content (AvgIpc) is 3.17. The van der Waals surface area contributed by atoms with Crippen LogP contribution in [0.5, 0.6) is 34.5 Å². The first-order valence-corrected chi connectivity index (χ1v) is 8.51. The van der Waals surface area contributed by atoms with Gasteiger partial charge in [0.05, 0.1) is 34.9 Å². The van der Waals surface area contributed by atoms with Crippen LogP contribution < -0.4 is 23.7 Å². The van der Waals surface area contributed by atoms with Crippen LogP contribution in [-0.4, -0.2) is 46.3 Å². The zero-order chi connectivity index (χ0) is 20.3. The van der Waals surface area contributed by atoms with Crippen LogP contribution in [0.4, 0.5) is 0 Å². The molecule has 0 amide bonds. The van der Waals surface area contributed by atoms with E-state index in [1.54, 1.807) is 18.2 Å². The van der Waals surface area contributed by atoms with Crippen LogP contribution in [0.1, 0.15) is 23.5 Å². The summed E-state index contributed by atoms with van der Waals surface area (Å²) >= 11 is 0. The number of esters is 1. The van der Waals surface area contributed by atoms with Crippen molar-refractivity contribution in [3.05, 3.63) is 35.4 Å². The molecule has 0 radical (unpaired) electrons. The van der Waals surface area contributed by atoms with Crippen LogP contribution in [-0.2, 0) is 9.53 Å². The molecular formula is C20H22O8. The molecule has 0 spiro atoms. The van der Waals surface area contributed by atoms with Gasteiger partial charge in [0.1, 0.15) is 11.5 Å². The Kier molecular flexibility index (Phi) is 5.67. The summed E-state index contributed by atoms with van der Waals surface area (Å²) in [4.78, 5) is 12.1. The first-order chi connectivity index (χ1) is 13.5. The Labute approximate surface area is 162 Å². The van der Waals surface area contributed by atoms with Crippen molar-refractivity contribution in [2.24, 2.45) is 0 Å². The molecule has 0 fully saturated rings. The van der Waals surface area contributed by atoms with Gasteiger partial charge in [0.15, 0.2) is 23.0 Å². The molecule has 0 aliphatic carbocycles. The molecule has 1 unspecified atom stereocenters. The fraction of sp³-hybridized carbons (Fsp3) is 0.350. The monoisotopic (exact) mass is 390 g/mol. The number of aromatic hydroxyl groups is 1. The number of carbonyl (C=O) groups excluding carboxylic acids is 1. The predicted octanol–water partition coefficient (Wildman–Crippen LogP) is 2.84. The second-order valence-electron chi connectivity index (χ2n) is 6.05. The van der Waals surface area contributed by atoms with Gasteiger partial charge in [-0.2, -0.15) is 0 Å². The lowest BCUT2D eigenvalue weighted by atomic mass is 9.86. The van der Waals surface area contributed by atoms with Crippen molar-refractivity contribution in [2.75, 3.05) is 35.2 Å². The molecule has 1 atom stereocenters. The van der Waals surface area contributed by atoms with Crippen LogP contribution in [0.25, 0.3) is 0 Å². The van der Waals surface area contributed by atoms with Crippen molar-refractivity contribution in [3.8, 4) is 34.5 Å². The number of phenols is 1. The fourth-order valence-electron chi connectivity index (χ4n) is 3.19. The van der Waals surface area contributed by atoms with Gasteiger partial charge in [0, 0.05) is 29.2 Å². The molecule has 1 N–H and O–H groups in total. The number of carbonyl (C=O) groups is 1. The molecule has 28 heavy (non-hydrogen) atoms. The molecule has 1 aliphatic heterocycles. The van der Waals surface area contributed by atoms with Crippen molar-refractivity contribution in [2.45, 2.75) is 12.3 Å². The maximum Gasteiger partial charge on any atom is 0.306 e. The molecule has 2 aromatic carbocycles. The number of phenolic OH excluding ortho intramolecular Hbond substituents is 1. The second kappa shape index (κ2) is 8.16. The second-order valence-corrected chi connectivity index (χ2v) is 6.05. The summed E-state index contributed by atoms with van der Waals surface area (Å²) in [5.41, 5.74) is 1.10. The lowest BCUT2D eigenvalue weighted by molar-refractivity contribution is -0.140. The van der Waals surface area contributed by atoms with Crippen LogP contribution in [0, 0.1) is 0 Å². The van der Waals surface area contributed by atoms with Crippen molar-refractivity contribution < 1.29 is 38.3 Å². The third-order valence-electron chi connectivity index (χ3n) is 4.61. The lowest BCUT2D eigenvalue weighted by Crippen LogP contribution is -2.12. The third kappa shape index (κ3) is 3.58. The molecule has 0 saturated heterocycles. The molecule has 0 aromatic heterocycles. The molecule has 0 saturated carbocycles. The van der Waals surface area contributed by atoms with Crippen LogP contribution in [0.3, 0.4) is 0 Å². The van der Waals surface area contributed by atoms with Gasteiger partial charge in [-0.25, -0.2) is 0 Å². The number of ether oxygens (including phenoxy) is 6. The smallest absolute Gasteiger partial charge is 0.306 e. The van der Waals surface area contributed by atoms with E-state index in [4.69, 9.17) is 28.4 Å². The highest BCUT2D eigenvalue weighted by Gasteiger charge is 2.29. The largest absolute Gasteiger partial charge is 0.508 e. The summed E-state index contributed by atoms with van der Waals surface area (Å²) in [5.74, 6) is 1.29. The molecule has 8 heteroatoms. The number of rotatable bonds is 7. The van der Waals surface area contributed by atoms with E-state index in [0.717, 1.165) is 0 Å². The van der Waals surface area contributed by atoms with Gasteiger partial charge in [-0.15, -0.1) is 0 Å². The van der Waals surface area contributed by atoms with E-state index in [1.165, 1.54) is 34.5 Å². The summed E-state index contributed by atoms with van der Waals surface area (Å²) in [6.07, 6.45) is -0.0322. The van der Waals surface area contributed by atoms with E-state index in [2.05, 4.69) is 0 Å². The number of hydrogen-bond donors (Lipinski definition) is 1. The Hall–Kier alpha value is -3.29. The van der Waals surface area contributed by atoms with Gasteiger partial charge >= 0.3 is 5.97 Å². The molecular weight excluding hydrogens is 368 g/mol. The number of fused-ring (bicyclic) bond motifs is 1. The zero-order valence-electron chi connectivity index (χ0n) is 16.1. The number of methoxy groups -OCH3 is 4. The molecule has 1 aliphatic rings. The van der Waals surface area contributed by atoms with Gasteiger partial charge in [0.2, 0.25) is 6.79 Å². The van der Waals surface area contributed by atoms with E-state index in [9.17, 15) is 9.90 Å².